The summed E-state index contributed by atoms with van der Waals surface area (Å²) in [6.07, 6.45) is -4.10. The van der Waals surface area contributed by atoms with E-state index in [9.17, 15) is 27.6 Å². The van der Waals surface area contributed by atoms with E-state index >= 15 is 0 Å². The van der Waals surface area contributed by atoms with Crippen molar-refractivity contribution in [3.8, 4) is 0 Å². The van der Waals surface area contributed by atoms with E-state index in [0.717, 1.165) is 17.0 Å². The van der Waals surface area contributed by atoms with Crippen LogP contribution in [0, 0.1) is 0 Å². The zero-order chi connectivity index (χ0) is 19.5. The molecule has 1 aliphatic rings. The maximum atomic E-state index is 12.7. The lowest BCUT2D eigenvalue weighted by molar-refractivity contribution is -0.137. The molecule has 0 aromatic heterocycles. The van der Waals surface area contributed by atoms with Crippen LogP contribution in [0.5, 0.6) is 0 Å². The molecule has 1 unspecified atom stereocenters. The van der Waals surface area contributed by atoms with Crippen molar-refractivity contribution in [1.82, 2.24) is 15.1 Å². The molecule has 0 saturated carbocycles. The van der Waals surface area contributed by atoms with E-state index in [1.165, 1.54) is 24.1 Å². The molecule has 1 aromatic carbocycles. The van der Waals surface area contributed by atoms with E-state index in [1.807, 2.05) is 0 Å². The fourth-order valence-corrected chi connectivity index (χ4v) is 2.67. The number of amides is 4. The number of likely N-dealkylation sites (N-methyl/N-ethyl adjacent to an activating group) is 1. The third kappa shape index (κ3) is 4.74. The van der Waals surface area contributed by atoms with Crippen molar-refractivity contribution in [2.45, 2.75) is 32.0 Å². The third-order valence-corrected chi connectivity index (χ3v) is 4.11. The molecule has 142 valence electrons. The highest BCUT2D eigenvalue weighted by Gasteiger charge is 2.33. The van der Waals surface area contributed by atoms with Crippen LogP contribution in [0.2, 0.25) is 0 Å². The molecule has 1 fully saturated rings. The summed E-state index contributed by atoms with van der Waals surface area (Å²) < 4.78 is 38.2. The van der Waals surface area contributed by atoms with Crippen molar-refractivity contribution in [1.29, 1.82) is 0 Å². The number of nitrogens with zero attached hydrogens (tertiary/aromatic N) is 2. The Morgan fingerprint density at radius 1 is 1.31 bits per heavy atom. The normalized spacial score (nSPS) is 16.2. The first-order valence-electron chi connectivity index (χ1n) is 8.11. The summed E-state index contributed by atoms with van der Waals surface area (Å²) in [5, 5.41) is 2.63. The quantitative estimate of drug-likeness (QED) is 0.782. The fourth-order valence-electron chi connectivity index (χ4n) is 2.67. The molecule has 1 N–H and O–H groups in total. The number of halogens is 3. The minimum absolute atomic E-state index is 0.0254. The summed E-state index contributed by atoms with van der Waals surface area (Å²) in [7, 11) is 1.52. The Labute approximate surface area is 148 Å². The molecule has 4 amide bonds. The number of alkyl halides is 3. The van der Waals surface area contributed by atoms with Crippen LogP contribution < -0.4 is 5.32 Å². The summed E-state index contributed by atoms with van der Waals surface area (Å²) in [6.45, 7) is 1.75. The largest absolute Gasteiger partial charge is 0.416 e. The predicted octanol–water partition coefficient (Wildman–Crippen LogP) is 2.56. The number of carbonyl (C=O) groups excluding carboxylic acids is 3. The molecule has 0 radical (unpaired) electrons. The standard InChI is InChI=1S/C17H20F3N3O3/c1-11(12-5-3-6-13(9-12)17(18,19)20)21-14(24)7-4-8-23-15(25)10-22(2)16(23)26/h3,5-6,9,11H,4,7-8,10H2,1-2H3,(H,21,24). The Morgan fingerprint density at radius 3 is 2.58 bits per heavy atom. The number of urea groups is 1. The van der Waals surface area contributed by atoms with Gasteiger partial charge in [0.2, 0.25) is 11.8 Å². The highest BCUT2D eigenvalue weighted by Crippen LogP contribution is 2.30. The third-order valence-electron chi connectivity index (χ3n) is 4.11. The maximum absolute atomic E-state index is 12.7. The summed E-state index contributed by atoms with van der Waals surface area (Å²) >= 11 is 0. The van der Waals surface area contributed by atoms with Crippen LogP contribution in [-0.4, -0.2) is 47.8 Å². The molecule has 1 saturated heterocycles. The molecule has 0 aliphatic carbocycles. The van der Waals surface area contributed by atoms with Gasteiger partial charge in [0.1, 0.15) is 6.54 Å². The number of hydrogen-bond donors (Lipinski definition) is 1. The van der Waals surface area contributed by atoms with Gasteiger partial charge < -0.3 is 10.2 Å². The molecule has 0 spiro atoms. The van der Waals surface area contributed by atoms with Crippen molar-refractivity contribution < 1.29 is 27.6 Å². The molecule has 9 heteroatoms. The van der Waals surface area contributed by atoms with Gasteiger partial charge in [-0.1, -0.05) is 12.1 Å². The van der Waals surface area contributed by atoms with Crippen molar-refractivity contribution in [2.24, 2.45) is 0 Å². The topological polar surface area (TPSA) is 69.7 Å². The molecule has 2 rings (SSSR count). The molecular formula is C17H20F3N3O3. The summed E-state index contributed by atoms with van der Waals surface area (Å²) in [6, 6.07) is 3.79. The minimum Gasteiger partial charge on any atom is -0.350 e. The van der Waals surface area contributed by atoms with Crippen molar-refractivity contribution in [2.75, 3.05) is 20.1 Å². The highest BCUT2D eigenvalue weighted by atomic mass is 19.4. The Morgan fingerprint density at radius 2 is 2.00 bits per heavy atom. The zero-order valence-electron chi connectivity index (χ0n) is 14.5. The predicted molar refractivity (Wildman–Crippen MR) is 87.0 cm³/mol. The fraction of sp³-hybridized carbons (Fsp3) is 0.471. The molecular weight excluding hydrogens is 351 g/mol. The van der Waals surface area contributed by atoms with Crippen LogP contribution in [0.4, 0.5) is 18.0 Å². The first-order chi connectivity index (χ1) is 12.1. The van der Waals surface area contributed by atoms with Crippen LogP contribution in [0.15, 0.2) is 24.3 Å². The lowest BCUT2D eigenvalue weighted by atomic mass is 10.0. The van der Waals surface area contributed by atoms with Gasteiger partial charge in [-0.3, -0.25) is 14.5 Å². The summed E-state index contributed by atoms with van der Waals surface area (Å²) in [5.41, 5.74) is -0.425. The van der Waals surface area contributed by atoms with Gasteiger partial charge in [-0.05, 0) is 31.0 Å². The Hall–Kier alpha value is -2.58. The van der Waals surface area contributed by atoms with Gasteiger partial charge >= 0.3 is 12.2 Å². The van der Waals surface area contributed by atoms with Gasteiger partial charge in [0.25, 0.3) is 0 Å². The monoisotopic (exact) mass is 371 g/mol. The van der Waals surface area contributed by atoms with Gasteiger partial charge in [-0.2, -0.15) is 13.2 Å². The van der Waals surface area contributed by atoms with Gasteiger partial charge in [0.05, 0.1) is 11.6 Å². The lowest BCUT2D eigenvalue weighted by Crippen LogP contribution is -2.33. The molecule has 1 heterocycles. The van der Waals surface area contributed by atoms with E-state index in [0.29, 0.717) is 5.56 Å². The maximum Gasteiger partial charge on any atom is 0.416 e. The first-order valence-corrected chi connectivity index (χ1v) is 8.11. The number of carbonyl (C=O) groups is 3. The molecule has 6 nitrogen and oxygen atoms in total. The molecule has 0 bridgehead atoms. The smallest absolute Gasteiger partial charge is 0.350 e. The van der Waals surface area contributed by atoms with Crippen molar-refractivity contribution >= 4 is 17.8 Å². The average Bonchev–Trinajstić information content (AvgIpc) is 2.80. The van der Waals surface area contributed by atoms with E-state index in [1.54, 1.807) is 6.92 Å². The Kier molecular flexibility index (Phi) is 5.89. The van der Waals surface area contributed by atoms with Crippen LogP contribution in [-0.2, 0) is 15.8 Å². The van der Waals surface area contributed by atoms with Crippen molar-refractivity contribution in [3.05, 3.63) is 35.4 Å². The Bertz CT molecular complexity index is 706. The SMILES string of the molecule is CC(NC(=O)CCCN1C(=O)CN(C)C1=O)c1cccc(C(F)(F)F)c1. The molecule has 1 atom stereocenters. The lowest BCUT2D eigenvalue weighted by Gasteiger charge is -2.17. The van der Waals surface area contributed by atoms with E-state index in [2.05, 4.69) is 5.32 Å². The number of imide groups is 1. The number of hydrogen-bond acceptors (Lipinski definition) is 3. The second-order valence-corrected chi connectivity index (χ2v) is 6.20. The van der Waals surface area contributed by atoms with Crippen molar-refractivity contribution in [3.63, 3.8) is 0 Å². The van der Waals surface area contributed by atoms with Gasteiger partial charge in [0, 0.05) is 20.0 Å². The molecule has 1 aliphatic heterocycles. The highest BCUT2D eigenvalue weighted by molar-refractivity contribution is 6.01. The number of benzene rings is 1. The number of rotatable bonds is 6. The second-order valence-electron chi connectivity index (χ2n) is 6.20. The first kappa shape index (κ1) is 19.7. The van der Waals surface area contributed by atoms with Gasteiger partial charge in [0.15, 0.2) is 0 Å². The van der Waals surface area contributed by atoms with E-state index in [-0.39, 0.29) is 37.7 Å². The Balaban J connectivity index is 1.84. The van der Waals surface area contributed by atoms with E-state index in [4.69, 9.17) is 0 Å². The van der Waals surface area contributed by atoms with E-state index < -0.39 is 23.8 Å². The van der Waals surface area contributed by atoms with Gasteiger partial charge in [-0.25, -0.2) is 4.79 Å². The molecule has 26 heavy (non-hydrogen) atoms. The van der Waals surface area contributed by atoms with Gasteiger partial charge in [-0.15, -0.1) is 0 Å². The van der Waals surface area contributed by atoms with Crippen LogP contribution >= 0.6 is 0 Å². The minimum atomic E-state index is -4.44. The van der Waals surface area contributed by atoms with Crippen LogP contribution in [0.1, 0.15) is 36.9 Å². The second kappa shape index (κ2) is 7.76. The summed E-state index contributed by atoms with van der Waals surface area (Å²) in [4.78, 5) is 37.7. The summed E-state index contributed by atoms with van der Waals surface area (Å²) in [5.74, 6) is -0.669. The zero-order valence-corrected chi connectivity index (χ0v) is 14.5. The van der Waals surface area contributed by atoms with Crippen LogP contribution in [0.3, 0.4) is 0 Å². The molecule has 1 aromatic rings. The van der Waals surface area contributed by atoms with Crippen LogP contribution in [0.25, 0.3) is 0 Å². The number of nitrogens with one attached hydrogen (secondary N) is 1. The average molecular weight is 371 g/mol.